The third-order valence-corrected chi connectivity index (χ3v) is 4.11. The standard InChI is InChI=1S/C18H9FO4/c19-10-2-3-11-14(6-10)23-13-4-1-9-5-15-16(22-8-21-15)7-12(9)17(13)18(11)20/h1-7H,8H2. The van der Waals surface area contributed by atoms with E-state index < -0.39 is 5.82 Å². The Morgan fingerprint density at radius 1 is 0.870 bits per heavy atom. The molecule has 1 aromatic heterocycles. The van der Waals surface area contributed by atoms with E-state index in [0.29, 0.717) is 27.9 Å². The van der Waals surface area contributed by atoms with Gasteiger partial charge in [0, 0.05) is 11.5 Å². The molecule has 3 aromatic carbocycles. The second kappa shape index (κ2) is 4.23. The first-order chi connectivity index (χ1) is 11.2. The molecule has 5 heteroatoms. The molecule has 0 saturated heterocycles. The van der Waals surface area contributed by atoms with Gasteiger partial charge in [-0.15, -0.1) is 0 Å². The highest BCUT2D eigenvalue weighted by Gasteiger charge is 2.17. The number of fused-ring (bicyclic) bond motifs is 5. The summed E-state index contributed by atoms with van der Waals surface area (Å²) in [6, 6.07) is 11.1. The predicted octanol–water partition coefficient (Wildman–Crippen LogP) is 3.97. The van der Waals surface area contributed by atoms with E-state index in [9.17, 15) is 9.18 Å². The van der Waals surface area contributed by atoms with Crippen molar-refractivity contribution in [3.8, 4) is 11.5 Å². The Morgan fingerprint density at radius 3 is 2.57 bits per heavy atom. The molecule has 0 saturated carbocycles. The molecular formula is C18H9FO4. The van der Waals surface area contributed by atoms with E-state index in [4.69, 9.17) is 13.9 Å². The van der Waals surface area contributed by atoms with Crippen LogP contribution in [0, 0.1) is 5.82 Å². The van der Waals surface area contributed by atoms with Crippen molar-refractivity contribution in [1.29, 1.82) is 0 Å². The molecule has 0 spiro atoms. The molecule has 23 heavy (non-hydrogen) atoms. The van der Waals surface area contributed by atoms with Gasteiger partial charge in [-0.05, 0) is 35.7 Å². The zero-order valence-electron chi connectivity index (χ0n) is 11.8. The van der Waals surface area contributed by atoms with Gasteiger partial charge in [-0.3, -0.25) is 4.79 Å². The highest BCUT2D eigenvalue weighted by Crippen LogP contribution is 2.38. The van der Waals surface area contributed by atoms with Crippen molar-refractivity contribution < 1.29 is 18.3 Å². The molecule has 0 amide bonds. The first-order valence-corrected chi connectivity index (χ1v) is 7.09. The van der Waals surface area contributed by atoms with Crippen LogP contribution in [0.25, 0.3) is 32.7 Å². The Hall–Kier alpha value is -3.08. The highest BCUT2D eigenvalue weighted by atomic mass is 19.1. The van der Waals surface area contributed by atoms with Crippen molar-refractivity contribution in [3.05, 3.63) is 58.5 Å². The summed E-state index contributed by atoms with van der Waals surface area (Å²) in [6.45, 7) is 0.167. The van der Waals surface area contributed by atoms with Crippen molar-refractivity contribution in [3.63, 3.8) is 0 Å². The van der Waals surface area contributed by atoms with Gasteiger partial charge < -0.3 is 13.9 Å². The molecular weight excluding hydrogens is 299 g/mol. The Balaban J connectivity index is 2.00. The zero-order valence-corrected chi connectivity index (χ0v) is 11.8. The fourth-order valence-corrected chi connectivity index (χ4v) is 3.03. The van der Waals surface area contributed by atoms with Crippen molar-refractivity contribution >= 4 is 32.7 Å². The average Bonchev–Trinajstić information content (AvgIpc) is 2.99. The topological polar surface area (TPSA) is 48.7 Å². The predicted molar refractivity (Wildman–Crippen MR) is 83.6 cm³/mol. The molecule has 0 N–H and O–H groups in total. The van der Waals surface area contributed by atoms with Crippen LogP contribution in [-0.2, 0) is 0 Å². The third kappa shape index (κ3) is 1.67. The van der Waals surface area contributed by atoms with Crippen LogP contribution >= 0.6 is 0 Å². The summed E-state index contributed by atoms with van der Waals surface area (Å²) in [5, 5.41) is 2.39. The van der Waals surface area contributed by atoms with E-state index in [2.05, 4.69) is 0 Å². The first kappa shape index (κ1) is 12.5. The minimum Gasteiger partial charge on any atom is -0.456 e. The Kier molecular flexibility index (Phi) is 2.29. The number of hydrogen-bond acceptors (Lipinski definition) is 4. The van der Waals surface area contributed by atoms with Crippen LogP contribution in [0.3, 0.4) is 0 Å². The number of halogens is 1. The maximum absolute atomic E-state index is 13.4. The SMILES string of the molecule is O=c1c2ccc(F)cc2oc2ccc3cc4c(cc3c12)OCO4. The summed E-state index contributed by atoms with van der Waals surface area (Å²) < 4.78 is 29.9. The maximum atomic E-state index is 13.4. The summed E-state index contributed by atoms with van der Waals surface area (Å²) in [4.78, 5) is 12.9. The fraction of sp³-hybridized carbons (Fsp3) is 0.0556. The summed E-state index contributed by atoms with van der Waals surface area (Å²) in [5.41, 5.74) is 0.466. The second-order valence-corrected chi connectivity index (χ2v) is 5.44. The van der Waals surface area contributed by atoms with Gasteiger partial charge in [-0.2, -0.15) is 0 Å². The van der Waals surface area contributed by atoms with Crippen molar-refractivity contribution in [2.75, 3.05) is 6.79 Å². The third-order valence-electron chi connectivity index (χ3n) is 4.11. The van der Waals surface area contributed by atoms with Crippen LogP contribution in [0.1, 0.15) is 0 Å². The van der Waals surface area contributed by atoms with Crippen LogP contribution in [-0.4, -0.2) is 6.79 Å². The van der Waals surface area contributed by atoms with Gasteiger partial charge >= 0.3 is 0 Å². The van der Waals surface area contributed by atoms with E-state index in [0.717, 1.165) is 10.8 Å². The highest BCUT2D eigenvalue weighted by molar-refractivity contribution is 6.09. The van der Waals surface area contributed by atoms with E-state index in [-0.39, 0.29) is 17.8 Å². The molecule has 0 aliphatic carbocycles. The van der Waals surface area contributed by atoms with Gasteiger partial charge in [0.15, 0.2) is 11.5 Å². The molecule has 0 unspecified atom stereocenters. The lowest BCUT2D eigenvalue weighted by Crippen LogP contribution is -2.03. The number of rotatable bonds is 0. The molecule has 0 atom stereocenters. The maximum Gasteiger partial charge on any atom is 0.231 e. The number of hydrogen-bond donors (Lipinski definition) is 0. The van der Waals surface area contributed by atoms with Gasteiger partial charge in [-0.25, -0.2) is 4.39 Å². The quantitative estimate of drug-likeness (QED) is 0.364. The molecule has 0 radical (unpaired) electrons. The van der Waals surface area contributed by atoms with E-state index in [1.165, 1.54) is 18.2 Å². The minimum absolute atomic E-state index is 0.167. The average molecular weight is 308 g/mol. The van der Waals surface area contributed by atoms with Crippen LogP contribution in [0.15, 0.2) is 51.7 Å². The minimum atomic E-state index is -0.441. The van der Waals surface area contributed by atoms with Gasteiger partial charge in [-0.1, -0.05) is 6.07 Å². The van der Waals surface area contributed by atoms with E-state index in [1.807, 2.05) is 12.1 Å². The molecule has 2 heterocycles. The van der Waals surface area contributed by atoms with Crippen molar-refractivity contribution in [2.24, 2.45) is 0 Å². The van der Waals surface area contributed by atoms with Crippen LogP contribution in [0.5, 0.6) is 11.5 Å². The lowest BCUT2D eigenvalue weighted by atomic mass is 10.0. The molecule has 1 aliphatic rings. The summed E-state index contributed by atoms with van der Waals surface area (Å²) in [7, 11) is 0. The molecule has 1 aliphatic heterocycles. The Labute approximate surface area is 128 Å². The summed E-state index contributed by atoms with van der Waals surface area (Å²) in [6.07, 6.45) is 0. The Bertz CT molecular complexity index is 1180. The van der Waals surface area contributed by atoms with Gasteiger partial charge in [0.1, 0.15) is 17.0 Å². The zero-order chi connectivity index (χ0) is 15.6. The summed E-state index contributed by atoms with van der Waals surface area (Å²) in [5.74, 6) is 0.817. The summed E-state index contributed by atoms with van der Waals surface area (Å²) >= 11 is 0. The molecule has 0 fully saturated rings. The molecule has 4 nitrogen and oxygen atoms in total. The largest absolute Gasteiger partial charge is 0.456 e. The van der Waals surface area contributed by atoms with E-state index >= 15 is 0 Å². The first-order valence-electron chi connectivity index (χ1n) is 7.09. The number of ether oxygens (including phenoxy) is 2. The van der Waals surface area contributed by atoms with Crippen molar-refractivity contribution in [1.82, 2.24) is 0 Å². The van der Waals surface area contributed by atoms with E-state index in [1.54, 1.807) is 12.1 Å². The van der Waals surface area contributed by atoms with Gasteiger partial charge in [0.05, 0.1) is 10.8 Å². The van der Waals surface area contributed by atoms with Gasteiger partial charge in [0.2, 0.25) is 12.2 Å². The lowest BCUT2D eigenvalue weighted by Gasteiger charge is -2.06. The molecule has 5 rings (SSSR count). The smallest absolute Gasteiger partial charge is 0.231 e. The van der Waals surface area contributed by atoms with Crippen LogP contribution < -0.4 is 14.9 Å². The fourth-order valence-electron chi connectivity index (χ4n) is 3.03. The van der Waals surface area contributed by atoms with Gasteiger partial charge in [0.25, 0.3) is 0 Å². The molecule has 0 bridgehead atoms. The molecule has 112 valence electrons. The van der Waals surface area contributed by atoms with Crippen LogP contribution in [0.2, 0.25) is 0 Å². The lowest BCUT2D eigenvalue weighted by molar-refractivity contribution is 0.174. The second-order valence-electron chi connectivity index (χ2n) is 5.44. The van der Waals surface area contributed by atoms with Crippen LogP contribution in [0.4, 0.5) is 4.39 Å². The Morgan fingerprint density at radius 2 is 1.70 bits per heavy atom. The molecule has 4 aromatic rings. The normalized spacial score (nSPS) is 13.3. The van der Waals surface area contributed by atoms with Crippen molar-refractivity contribution in [2.45, 2.75) is 0 Å². The number of benzene rings is 3. The monoisotopic (exact) mass is 308 g/mol.